The molecular weight excluding hydrogens is 400 g/mol. The van der Waals surface area contributed by atoms with Gasteiger partial charge in [-0.3, -0.25) is 4.79 Å². The van der Waals surface area contributed by atoms with Gasteiger partial charge in [-0.1, -0.05) is 43.3 Å². The molecule has 3 aromatic rings. The number of carbonyl (C=O) groups is 1. The molecular formula is C21H28N6O2S. The second kappa shape index (κ2) is 10.3. The largest absolute Gasteiger partial charge is 0.484 e. The quantitative estimate of drug-likeness (QED) is 0.378. The highest BCUT2D eigenvalue weighted by Gasteiger charge is 2.13. The van der Waals surface area contributed by atoms with Crippen molar-refractivity contribution in [3.63, 3.8) is 0 Å². The lowest BCUT2D eigenvalue weighted by atomic mass is 10.2. The minimum atomic E-state index is -0.175. The Morgan fingerprint density at radius 2 is 2.00 bits per heavy atom. The molecule has 2 N–H and O–H groups in total. The monoisotopic (exact) mass is 428 g/mol. The number of amides is 1. The van der Waals surface area contributed by atoms with Crippen LogP contribution in [-0.2, 0) is 11.3 Å². The van der Waals surface area contributed by atoms with E-state index in [-0.39, 0.29) is 12.5 Å². The van der Waals surface area contributed by atoms with Crippen molar-refractivity contribution in [1.29, 1.82) is 0 Å². The fraction of sp³-hybridized carbons (Fsp3) is 0.429. The molecule has 0 spiro atoms. The van der Waals surface area contributed by atoms with Crippen LogP contribution >= 0.6 is 11.8 Å². The summed E-state index contributed by atoms with van der Waals surface area (Å²) in [5, 5.41) is 12.2. The summed E-state index contributed by atoms with van der Waals surface area (Å²) in [5.41, 5.74) is 1.90. The maximum absolute atomic E-state index is 12.1. The normalized spacial score (nSPS) is 11.1. The van der Waals surface area contributed by atoms with Gasteiger partial charge in [0.1, 0.15) is 11.6 Å². The fourth-order valence-corrected chi connectivity index (χ4v) is 3.12. The standard InChI is InChI=1S/C21H28N6O2S/c1-14(2)11-23-19-17-12-24-27(20(17)26-21(25-19)30-4)10-9-22-18(28)13-29-16-7-5-15(3)6-8-16/h5-8,12,14H,9-11,13H2,1-4H3,(H,22,28)(H,23,25,26). The van der Waals surface area contributed by atoms with Gasteiger partial charge in [0.05, 0.1) is 18.1 Å². The summed E-state index contributed by atoms with van der Waals surface area (Å²) >= 11 is 1.49. The molecule has 1 aromatic carbocycles. The van der Waals surface area contributed by atoms with E-state index in [1.54, 1.807) is 10.9 Å². The Morgan fingerprint density at radius 1 is 1.23 bits per heavy atom. The van der Waals surface area contributed by atoms with Gasteiger partial charge in [-0.2, -0.15) is 5.10 Å². The topological polar surface area (TPSA) is 94.0 Å². The average Bonchev–Trinajstić information content (AvgIpc) is 3.14. The molecule has 0 atom stereocenters. The van der Waals surface area contributed by atoms with Crippen LogP contribution in [0.3, 0.4) is 0 Å². The van der Waals surface area contributed by atoms with E-state index in [4.69, 9.17) is 4.74 Å². The van der Waals surface area contributed by atoms with Gasteiger partial charge < -0.3 is 15.4 Å². The summed E-state index contributed by atoms with van der Waals surface area (Å²) in [5.74, 6) is 1.79. The van der Waals surface area contributed by atoms with Crippen molar-refractivity contribution in [2.75, 3.05) is 31.3 Å². The van der Waals surface area contributed by atoms with Crippen LogP contribution in [0.5, 0.6) is 5.75 Å². The molecule has 0 aliphatic carbocycles. The Kier molecular flexibility index (Phi) is 7.51. The molecule has 0 aliphatic heterocycles. The predicted octanol–water partition coefficient (Wildman–Crippen LogP) is 3.12. The van der Waals surface area contributed by atoms with Crippen molar-refractivity contribution in [3.8, 4) is 5.75 Å². The minimum absolute atomic E-state index is 0.0228. The lowest BCUT2D eigenvalue weighted by molar-refractivity contribution is -0.123. The highest BCUT2D eigenvalue weighted by molar-refractivity contribution is 7.98. The average molecular weight is 429 g/mol. The van der Waals surface area contributed by atoms with Gasteiger partial charge in [-0.15, -0.1) is 0 Å². The van der Waals surface area contributed by atoms with Crippen LogP contribution < -0.4 is 15.4 Å². The first kappa shape index (κ1) is 21.9. The van der Waals surface area contributed by atoms with E-state index in [0.29, 0.717) is 29.9 Å². The third-order valence-electron chi connectivity index (χ3n) is 4.37. The number of anilines is 1. The highest BCUT2D eigenvalue weighted by Crippen LogP contribution is 2.23. The zero-order valence-electron chi connectivity index (χ0n) is 17.8. The van der Waals surface area contributed by atoms with Crippen LogP contribution in [0.15, 0.2) is 35.6 Å². The molecule has 0 saturated heterocycles. The number of hydrogen-bond acceptors (Lipinski definition) is 7. The lowest BCUT2D eigenvalue weighted by Gasteiger charge is -2.11. The first-order valence-corrected chi connectivity index (χ1v) is 11.2. The molecule has 8 nitrogen and oxygen atoms in total. The number of hydrogen-bond donors (Lipinski definition) is 2. The summed E-state index contributed by atoms with van der Waals surface area (Å²) in [6, 6.07) is 7.61. The van der Waals surface area contributed by atoms with Crippen molar-refractivity contribution in [2.24, 2.45) is 5.92 Å². The first-order chi connectivity index (χ1) is 14.5. The number of aryl methyl sites for hydroxylation is 1. The predicted molar refractivity (Wildman–Crippen MR) is 120 cm³/mol. The SMILES string of the molecule is CSc1nc(NCC(C)C)c2cnn(CCNC(=O)COc3ccc(C)cc3)c2n1. The highest BCUT2D eigenvalue weighted by atomic mass is 32.2. The molecule has 0 aliphatic rings. The van der Waals surface area contributed by atoms with Crippen LogP contribution in [0.1, 0.15) is 19.4 Å². The van der Waals surface area contributed by atoms with Gasteiger partial charge >= 0.3 is 0 Å². The second-order valence-electron chi connectivity index (χ2n) is 7.39. The first-order valence-electron chi connectivity index (χ1n) is 9.94. The molecule has 2 aromatic heterocycles. The molecule has 0 saturated carbocycles. The number of aromatic nitrogens is 4. The van der Waals surface area contributed by atoms with E-state index >= 15 is 0 Å². The summed E-state index contributed by atoms with van der Waals surface area (Å²) in [4.78, 5) is 21.2. The van der Waals surface area contributed by atoms with Crippen molar-refractivity contribution in [3.05, 3.63) is 36.0 Å². The van der Waals surface area contributed by atoms with Gasteiger partial charge in [0.2, 0.25) is 0 Å². The van der Waals surface area contributed by atoms with E-state index < -0.39 is 0 Å². The third kappa shape index (κ3) is 5.85. The molecule has 0 fully saturated rings. The van der Waals surface area contributed by atoms with Crippen molar-refractivity contribution < 1.29 is 9.53 Å². The number of nitrogens with one attached hydrogen (secondary N) is 2. The zero-order valence-corrected chi connectivity index (χ0v) is 18.6. The maximum Gasteiger partial charge on any atom is 0.258 e. The molecule has 160 valence electrons. The molecule has 0 unspecified atom stereocenters. The Labute approximate surface area is 180 Å². The van der Waals surface area contributed by atoms with Gasteiger partial charge in [-0.05, 0) is 31.2 Å². The van der Waals surface area contributed by atoms with Gasteiger partial charge in [0.25, 0.3) is 5.91 Å². The number of carbonyl (C=O) groups excluding carboxylic acids is 1. The number of rotatable bonds is 10. The summed E-state index contributed by atoms with van der Waals surface area (Å²) in [6.07, 6.45) is 3.72. The summed E-state index contributed by atoms with van der Waals surface area (Å²) < 4.78 is 7.30. The molecule has 9 heteroatoms. The molecule has 2 heterocycles. The molecule has 1 amide bonds. The Hall–Kier alpha value is -2.81. The molecule has 0 bridgehead atoms. The van der Waals surface area contributed by atoms with Gasteiger partial charge in [0.15, 0.2) is 17.4 Å². The maximum atomic E-state index is 12.1. The number of ether oxygens (including phenoxy) is 1. The Balaban J connectivity index is 1.58. The van der Waals surface area contributed by atoms with Crippen LogP contribution in [0.25, 0.3) is 11.0 Å². The van der Waals surface area contributed by atoms with E-state index in [1.165, 1.54) is 11.8 Å². The van der Waals surface area contributed by atoms with E-state index in [9.17, 15) is 4.79 Å². The fourth-order valence-electron chi connectivity index (χ4n) is 2.76. The van der Waals surface area contributed by atoms with E-state index in [1.807, 2.05) is 37.4 Å². The van der Waals surface area contributed by atoms with Crippen LogP contribution in [0.2, 0.25) is 0 Å². The van der Waals surface area contributed by atoms with Gasteiger partial charge in [-0.25, -0.2) is 14.6 Å². The van der Waals surface area contributed by atoms with Crippen molar-refractivity contribution in [1.82, 2.24) is 25.1 Å². The lowest BCUT2D eigenvalue weighted by Crippen LogP contribution is -2.31. The van der Waals surface area contributed by atoms with Crippen LogP contribution in [-0.4, -0.2) is 51.6 Å². The van der Waals surface area contributed by atoms with Crippen molar-refractivity contribution in [2.45, 2.75) is 32.5 Å². The van der Waals surface area contributed by atoms with Crippen LogP contribution in [0.4, 0.5) is 5.82 Å². The summed E-state index contributed by atoms with van der Waals surface area (Å²) in [6.45, 7) is 8.04. The number of fused-ring (bicyclic) bond motifs is 1. The third-order valence-corrected chi connectivity index (χ3v) is 4.92. The zero-order chi connectivity index (χ0) is 21.5. The molecule has 30 heavy (non-hydrogen) atoms. The Morgan fingerprint density at radius 3 is 2.70 bits per heavy atom. The van der Waals surface area contributed by atoms with Gasteiger partial charge in [0, 0.05) is 13.1 Å². The smallest absolute Gasteiger partial charge is 0.258 e. The number of nitrogens with zero attached hydrogens (tertiary/aromatic N) is 4. The number of thioether (sulfide) groups is 1. The van der Waals surface area contributed by atoms with Crippen molar-refractivity contribution >= 4 is 34.5 Å². The molecule has 3 rings (SSSR count). The van der Waals surface area contributed by atoms with E-state index in [2.05, 4.69) is 39.5 Å². The minimum Gasteiger partial charge on any atom is -0.484 e. The number of benzene rings is 1. The summed E-state index contributed by atoms with van der Waals surface area (Å²) in [7, 11) is 0. The van der Waals surface area contributed by atoms with Crippen LogP contribution in [0, 0.1) is 12.8 Å². The van der Waals surface area contributed by atoms with E-state index in [0.717, 1.165) is 29.0 Å². The molecule has 0 radical (unpaired) electrons. The second-order valence-corrected chi connectivity index (χ2v) is 8.16. The Bertz CT molecular complexity index is 987.